The normalized spacial score (nSPS) is 19.3. The Labute approximate surface area is 127 Å². The minimum Gasteiger partial charge on any atom is -0.310 e. The molecule has 1 unspecified atom stereocenters. The molecule has 1 atom stereocenters. The quantitative estimate of drug-likeness (QED) is 0.723. The van der Waals surface area contributed by atoms with Gasteiger partial charge in [0.05, 0.1) is 0 Å². The number of benzene rings is 1. The van der Waals surface area contributed by atoms with Gasteiger partial charge in [0.15, 0.2) is 0 Å². The SMILES string of the molecule is CCC1(CNC(C)c2ccc(Br)cc2Br)CCC1. The van der Waals surface area contributed by atoms with Crippen LogP contribution in [0.5, 0.6) is 0 Å². The van der Waals surface area contributed by atoms with Crippen molar-refractivity contribution in [3.8, 4) is 0 Å². The first-order valence-electron chi connectivity index (χ1n) is 6.75. The first-order chi connectivity index (χ1) is 8.56. The molecule has 1 fully saturated rings. The van der Waals surface area contributed by atoms with Crippen LogP contribution in [0.3, 0.4) is 0 Å². The maximum Gasteiger partial charge on any atom is 0.0303 e. The van der Waals surface area contributed by atoms with Gasteiger partial charge in [-0.15, -0.1) is 0 Å². The summed E-state index contributed by atoms with van der Waals surface area (Å²) in [5.74, 6) is 0. The molecule has 0 saturated heterocycles. The highest BCUT2D eigenvalue weighted by Gasteiger charge is 2.34. The van der Waals surface area contributed by atoms with Gasteiger partial charge in [0.1, 0.15) is 0 Å². The molecule has 3 heteroatoms. The van der Waals surface area contributed by atoms with Gasteiger partial charge in [-0.1, -0.05) is 51.3 Å². The number of rotatable bonds is 5. The number of hydrogen-bond acceptors (Lipinski definition) is 1. The van der Waals surface area contributed by atoms with E-state index in [-0.39, 0.29) is 0 Å². The lowest BCUT2D eigenvalue weighted by Gasteiger charge is -2.42. The molecule has 1 aromatic rings. The minimum absolute atomic E-state index is 0.400. The van der Waals surface area contributed by atoms with Crippen molar-refractivity contribution >= 4 is 31.9 Å². The van der Waals surface area contributed by atoms with Gasteiger partial charge >= 0.3 is 0 Å². The zero-order chi connectivity index (χ0) is 13.2. The molecule has 1 nitrogen and oxygen atoms in total. The summed E-state index contributed by atoms with van der Waals surface area (Å²) < 4.78 is 2.30. The Bertz CT molecular complexity index is 407. The summed E-state index contributed by atoms with van der Waals surface area (Å²) in [5, 5.41) is 3.71. The standard InChI is InChI=1S/C15H21Br2N/c1-3-15(7-4-8-15)10-18-11(2)13-6-5-12(16)9-14(13)17/h5-6,9,11,18H,3-4,7-8,10H2,1-2H3. The summed E-state index contributed by atoms with van der Waals surface area (Å²) in [6.07, 6.45) is 5.50. The van der Waals surface area contributed by atoms with Crippen LogP contribution < -0.4 is 5.32 Å². The van der Waals surface area contributed by atoms with Crippen molar-refractivity contribution in [1.82, 2.24) is 5.32 Å². The largest absolute Gasteiger partial charge is 0.310 e. The van der Waals surface area contributed by atoms with Crippen LogP contribution in [0.4, 0.5) is 0 Å². The smallest absolute Gasteiger partial charge is 0.0303 e. The lowest BCUT2D eigenvalue weighted by atomic mass is 9.67. The van der Waals surface area contributed by atoms with E-state index < -0.39 is 0 Å². The lowest BCUT2D eigenvalue weighted by Crippen LogP contribution is -2.40. The molecule has 1 aromatic carbocycles. The van der Waals surface area contributed by atoms with E-state index in [1.54, 1.807) is 0 Å². The van der Waals surface area contributed by atoms with E-state index in [2.05, 4.69) is 69.2 Å². The van der Waals surface area contributed by atoms with Crippen molar-refractivity contribution in [2.24, 2.45) is 5.41 Å². The average molecular weight is 375 g/mol. The fraction of sp³-hybridized carbons (Fsp3) is 0.600. The van der Waals surface area contributed by atoms with E-state index in [9.17, 15) is 0 Å². The Morgan fingerprint density at radius 1 is 1.33 bits per heavy atom. The molecule has 0 spiro atoms. The monoisotopic (exact) mass is 373 g/mol. The van der Waals surface area contributed by atoms with Crippen LogP contribution in [0.25, 0.3) is 0 Å². The summed E-state index contributed by atoms with van der Waals surface area (Å²) in [7, 11) is 0. The zero-order valence-electron chi connectivity index (χ0n) is 11.1. The summed E-state index contributed by atoms with van der Waals surface area (Å²) >= 11 is 7.14. The molecule has 100 valence electrons. The van der Waals surface area contributed by atoms with Crippen molar-refractivity contribution in [2.75, 3.05) is 6.54 Å². The van der Waals surface area contributed by atoms with Crippen LogP contribution in [0.1, 0.15) is 51.1 Å². The van der Waals surface area contributed by atoms with Gasteiger partial charge in [-0.25, -0.2) is 0 Å². The minimum atomic E-state index is 0.400. The second kappa shape index (κ2) is 6.06. The second-order valence-electron chi connectivity index (χ2n) is 5.48. The predicted molar refractivity (Wildman–Crippen MR) is 84.8 cm³/mol. The van der Waals surface area contributed by atoms with Crippen molar-refractivity contribution < 1.29 is 0 Å². The number of hydrogen-bond donors (Lipinski definition) is 1. The molecular formula is C15H21Br2N. The van der Waals surface area contributed by atoms with Gasteiger partial charge in [0.2, 0.25) is 0 Å². The number of nitrogens with one attached hydrogen (secondary N) is 1. The fourth-order valence-corrected chi connectivity index (χ4v) is 4.05. The maximum absolute atomic E-state index is 3.71. The van der Waals surface area contributed by atoms with Gasteiger partial charge in [0.25, 0.3) is 0 Å². The van der Waals surface area contributed by atoms with Crippen LogP contribution in [0.15, 0.2) is 27.1 Å². The summed E-state index contributed by atoms with van der Waals surface area (Å²) in [6, 6.07) is 6.81. The second-order valence-corrected chi connectivity index (χ2v) is 7.25. The summed E-state index contributed by atoms with van der Waals surface area (Å²) in [5.41, 5.74) is 1.92. The molecule has 1 aliphatic carbocycles. The van der Waals surface area contributed by atoms with Gasteiger partial charge in [-0.3, -0.25) is 0 Å². The third-order valence-corrected chi connectivity index (χ3v) is 5.56. The predicted octanol–water partition coefficient (Wildman–Crippen LogP) is 5.44. The van der Waals surface area contributed by atoms with Gasteiger partial charge in [-0.05, 0) is 49.3 Å². The van der Waals surface area contributed by atoms with E-state index >= 15 is 0 Å². The van der Waals surface area contributed by atoms with E-state index in [0.29, 0.717) is 11.5 Å². The molecule has 0 bridgehead atoms. The fourth-order valence-electron chi connectivity index (χ4n) is 2.66. The first kappa shape index (κ1) is 14.5. The van der Waals surface area contributed by atoms with Crippen LogP contribution in [-0.2, 0) is 0 Å². The molecule has 0 amide bonds. The molecule has 1 aliphatic rings. The highest BCUT2D eigenvalue weighted by Crippen LogP contribution is 2.43. The van der Waals surface area contributed by atoms with Crippen LogP contribution in [-0.4, -0.2) is 6.54 Å². The molecule has 18 heavy (non-hydrogen) atoms. The lowest BCUT2D eigenvalue weighted by molar-refractivity contribution is 0.120. The van der Waals surface area contributed by atoms with Crippen LogP contribution in [0, 0.1) is 5.41 Å². The molecule has 0 aromatic heterocycles. The third kappa shape index (κ3) is 3.17. The van der Waals surface area contributed by atoms with Crippen molar-refractivity contribution in [1.29, 1.82) is 0 Å². The Hall–Kier alpha value is 0.140. The van der Waals surface area contributed by atoms with Gasteiger partial charge < -0.3 is 5.32 Å². The average Bonchev–Trinajstić information content (AvgIpc) is 2.27. The molecule has 2 rings (SSSR count). The topological polar surface area (TPSA) is 12.0 Å². The van der Waals surface area contributed by atoms with Gasteiger partial charge in [-0.2, -0.15) is 0 Å². The van der Waals surface area contributed by atoms with E-state index in [0.717, 1.165) is 11.0 Å². The van der Waals surface area contributed by atoms with Crippen molar-refractivity contribution in [2.45, 2.75) is 45.6 Å². The van der Waals surface area contributed by atoms with Crippen molar-refractivity contribution in [3.05, 3.63) is 32.7 Å². The molecule has 0 aliphatic heterocycles. The van der Waals surface area contributed by atoms with E-state index in [4.69, 9.17) is 0 Å². The highest BCUT2D eigenvalue weighted by atomic mass is 79.9. The Morgan fingerprint density at radius 3 is 2.56 bits per heavy atom. The third-order valence-electron chi connectivity index (χ3n) is 4.38. The first-order valence-corrected chi connectivity index (χ1v) is 8.33. The molecule has 0 radical (unpaired) electrons. The maximum atomic E-state index is 3.71. The van der Waals surface area contributed by atoms with E-state index in [1.165, 1.54) is 35.7 Å². The highest BCUT2D eigenvalue weighted by molar-refractivity contribution is 9.11. The molecule has 1 saturated carbocycles. The van der Waals surface area contributed by atoms with Crippen LogP contribution >= 0.6 is 31.9 Å². The Kier molecular flexibility index (Phi) is 4.90. The summed E-state index contributed by atoms with van der Waals surface area (Å²) in [6.45, 7) is 5.71. The van der Waals surface area contributed by atoms with E-state index in [1.807, 2.05) is 0 Å². The molecular weight excluding hydrogens is 354 g/mol. The van der Waals surface area contributed by atoms with Gasteiger partial charge in [0, 0.05) is 21.5 Å². The molecule has 1 N–H and O–H groups in total. The zero-order valence-corrected chi connectivity index (χ0v) is 14.3. The molecule has 0 heterocycles. The Balaban J connectivity index is 1.97. The summed E-state index contributed by atoms with van der Waals surface area (Å²) in [4.78, 5) is 0. The number of halogens is 2. The Morgan fingerprint density at radius 2 is 2.06 bits per heavy atom. The van der Waals surface area contributed by atoms with Crippen LogP contribution in [0.2, 0.25) is 0 Å². The van der Waals surface area contributed by atoms with Crippen molar-refractivity contribution in [3.63, 3.8) is 0 Å².